The Morgan fingerprint density at radius 2 is 2.04 bits per heavy atom. The van der Waals surface area contributed by atoms with Gasteiger partial charge in [0.15, 0.2) is 0 Å². The van der Waals surface area contributed by atoms with E-state index in [2.05, 4.69) is 4.98 Å². The van der Waals surface area contributed by atoms with Gasteiger partial charge in [0.25, 0.3) is 5.91 Å². The van der Waals surface area contributed by atoms with Gasteiger partial charge in [-0.05, 0) is 55.2 Å². The van der Waals surface area contributed by atoms with E-state index in [-0.39, 0.29) is 17.2 Å². The lowest BCUT2D eigenvalue weighted by Crippen LogP contribution is -2.40. The van der Waals surface area contributed by atoms with Crippen LogP contribution in [-0.2, 0) is 4.79 Å². The SMILES string of the molecule is Cc1nc(-c2cccs2)ccc1C(=O)N1CCC2(CC1)CC2C(=O)O. The molecule has 1 atom stereocenters. The Bertz CT molecular complexity index is 823. The number of likely N-dealkylation sites (tertiary alicyclic amines) is 1. The van der Waals surface area contributed by atoms with Crippen LogP contribution in [0.15, 0.2) is 29.6 Å². The minimum absolute atomic E-state index is 0.00473. The second kappa shape index (κ2) is 5.95. The number of piperidine rings is 1. The normalized spacial score (nSPS) is 21.3. The zero-order valence-electron chi connectivity index (χ0n) is 14.1. The van der Waals surface area contributed by atoms with Gasteiger partial charge in [0, 0.05) is 13.1 Å². The highest BCUT2D eigenvalue weighted by Gasteiger charge is 2.59. The third-order valence-electron chi connectivity index (χ3n) is 5.62. The minimum Gasteiger partial charge on any atom is -0.481 e. The predicted molar refractivity (Wildman–Crippen MR) is 95.6 cm³/mol. The Balaban J connectivity index is 1.46. The van der Waals surface area contributed by atoms with Crippen molar-refractivity contribution in [1.29, 1.82) is 0 Å². The first-order chi connectivity index (χ1) is 12.0. The topological polar surface area (TPSA) is 70.5 Å². The molecule has 0 aromatic carbocycles. The number of carboxylic acid groups (broad SMARTS) is 1. The quantitative estimate of drug-likeness (QED) is 0.914. The molecule has 130 valence electrons. The molecule has 1 saturated carbocycles. The highest BCUT2D eigenvalue weighted by atomic mass is 32.1. The van der Waals surface area contributed by atoms with Crippen molar-refractivity contribution in [3.8, 4) is 10.6 Å². The number of hydrogen-bond acceptors (Lipinski definition) is 4. The fourth-order valence-electron chi connectivity index (χ4n) is 3.92. The van der Waals surface area contributed by atoms with E-state index in [1.54, 1.807) is 11.3 Å². The van der Waals surface area contributed by atoms with Crippen molar-refractivity contribution >= 4 is 23.2 Å². The maximum Gasteiger partial charge on any atom is 0.307 e. The van der Waals surface area contributed by atoms with E-state index in [0.717, 1.165) is 35.5 Å². The van der Waals surface area contributed by atoms with E-state index in [1.165, 1.54) is 0 Å². The molecule has 1 N–H and O–H groups in total. The summed E-state index contributed by atoms with van der Waals surface area (Å²) in [5.74, 6) is -0.896. The van der Waals surface area contributed by atoms with E-state index < -0.39 is 5.97 Å². The number of rotatable bonds is 3. The van der Waals surface area contributed by atoms with Gasteiger partial charge in [0.2, 0.25) is 0 Å². The number of aliphatic carboxylic acids is 1. The van der Waals surface area contributed by atoms with Crippen LogP contribution in [0, 0.1) is 18.3 Å². The van der Waals surface area contributed by atoms with Crippen molar-refractivity contribution in [2.24, 2.45) is 11.3 Å². The molecule has 1 saturated heterocycles. The molecule has 0 bridgehead atoms. The van der Waals surface area contributed by atoms with Gasteiger partial charge in [0.1, 0.15) is 0 Å². The number of amides is 1. The number of pyridine rings is 1. The fraction of sp³-hybridized carbons (Fsp3) is 0.421. The summed E-state index contributed by atoms with van der Waals surface area (Å²) in [5.41, 5.74) is 2.22. The van der Waals surface area contributed by atoms with Crippen LogP contribution < -0.4 is 0 Å². The van der Waals surface area contributed by atoms with Gasteiger partial charge in [-0.25, -0.2) is 0 Å². The van der Waals surface area contributed by atoms with Crippen molar-refractivity contribution in [3.05, 3.63) is 40.9 Å². The predicted octanol–water partition coefficient (Wildman–Crippen LogP) is 3.45. The molecule has 2 fully saturated rings. The average Bonchev–Trinajstić information content (AvgIpc) is 3.05. The fourth-order valence-corrected chi connectivity index (χ4v) is 4.62. The molecule has 4 rings (SSSR count). The lowest BCUT2D eigenvalue weighted by molar-refractivity contribution is -0.139. The molecule has 1 amide bonds. The van der Waals surface area contributed by atoms with Crippen LogP contribution in [0.4, 0.5) is 0 Å². The molecule has 3 heterocycles. The molecule has 6 heteroatoms. The zero-order valence-corrected chi connectivity index (χ0v) is 14.9. The molecule has 0 radical (unpaired) electrons. The van der Waals surface area contributed by atoms with Gasteiger partial charge >= 0.3 is 5.97 Å². The second-order valence-corrected chi connectivity index (χ2v) is 8.00. The highest BCUT2D eigenvalue weighted by molar-refractivity contribution is 7.13. The number of carbonyl (C=O) groups is 2. The Hall–Kier alpha value is -2.21. The van der Waals surface area contributed by atoms with Crippen molar-refractivity contribution < 1.29 is 14.7 Å². The molecule has 25 heavy (non-hydrogen) atoms. The second-order valence-electron chi connectivity index (χ2n) is 7.06. The van der Waals surface area contributed by atoms with Gasteiger partial charge < -0.3 is 10.0 Å². The van der Waals surface area contributed by atoms with Gasteiger partial charge in [0.05, 0.1) is 27.7 Å². The molecule has 2 aromatic heterocycles. The number of carbonyl (C=O) groups excluding carboxylic acids is 1. The minimum atomic E-state index is -0.691. The van der Waals surface area contributed by atoms with Crippen LogP contribution >= 0.6 is 11.3 Å². The first-order valence-corrected chi connectivity index (χ1v) is 9.42. The van der Waals surface area contributed by atoms with Crippen LogP contribution in [0.2, 0.25) is 0 Å². The van der Waals surface area contributed by atoms with Crippen molar-refractivity contribution in [1.82, 2.24) is 9.88 Å². The van der Waals surface area contributed by atoms with E-state index >= 15 is 0 Å². The van der Waals surface area contributed by atoms with Gasteiger partial charge in [-0.2, -0.15) is 0 Å². The first-order valence-electron chi connectivity index (χ1n) is 8.54. The number of aromatic nitrogens is 1. The van der Waals surface area contributed by atoms with E-state index in [9.17, 15) is 14.7 Å². The third-order valence-corrected chi connectivity index (χ3v) is 6.52. The third kappa shape index (κ3) is 2.84. The van der Waals surface area contributed by atoms with E-state index in [1.807, 2.05) is 41.5 Å². The molecular weight excluding hydrogens is 336 g/mol. The summed E-state index contributed by atoms with van der Waals surface area (Å²) < 4.78 is 0. The van der Waals surface area contributed by atoms with Crippen LogP contribution in [0.25, 0.3) is 10.6 Å². The molecule has 1 spiro atoms. The van der Waals surface area contributed by atoms with Crippen LogP contribution in [-0.4, -0.2) is 40.0 Å². The maximum atomic E-state index is 12.8. The number of hydrogen-bond donors (Lipinski definition) is 1. The lowest BCUT2D eigenvalue weighted by atomic mass is 9.90. The van der Waals surface area contributed by atoms with E-state index in [0.29, 0.717) is 18.7 Å². The smallest absolute Gasteiger partial charge is 0.307 e. The number of aryl methyl sites for hydroxylation is 1. The van der Waals surface area contributed by atoms with Gasteiger partial charge in [-0.15, -0.1) is 11.3 Å². The molecular formula is C19H20N2O3S. The summed E-state index contributed by atoms with van der Waals surface area (Å²) in [6, 6.07) is 7.77. The number of thiophene rings is 1. The Kier molecular flexibility index (Phi) is 3.87. The average molecular weight is 356 g/mol. The Labute approximate surface area is 150 Å². The summed E-state index contributed by atoms with van der Waals surface area (Å²) in [5, 5.41) is 11.2. The standard InChI is InChI=1S/C19H20N2O3S/c1-12-13(4-5-15(20-12)16-3-2-10-25-16)17(22)21-8-6-19(7-9-21)11-14(19)18(23)24/h2-5,10,14H,6-9,11H2,1H3,(H,23,24). The summed E-state index contributed by atoms with van der Waals surface area (Å²) >= 11 is 1.63. The molecule has 1 unspecified atom stereocenters. The Morgan fingerprint density at radius 3 is 2.60 bits per heavy atom. The summed E-state index contributed by atoms with van der Waals surface area (Å²) in [6.45, 7) is 3.14. The summed E-state index contributed by atoms with van der Waals surface area (Å²) in [6.07, 6.45) is 2.34. The van der Waals surface area contributed by atoms with Gasteiger partial charge in [-0.3, -0.25) is 14.6 Å². The zero-order chi connectivity index (χ0) is 17.6. The molecule has 2 aliphatic rings. The monoisotopic (exact) mass is 356 g/mol. The van der Waals surface area contributed by atoms with Crippen LogP contribution in [0.3, 0.4) is 0 Å². The Morgan fingerprint density at radius 1 is 1.28 bits per heavy atom. The maximum absolute atomic E-state index is 12.8. The van der Waals surface area contributed by atoms with Gasteiger partial charge in [-0.1, -0.05) is 6.07 Å². The lowest BCUT2D eigenvalue weighted by Gasteiger charge is -2.33. The number of nitrogens with zero attached hydrogens (tertiary/aromatic N) is 2. The van der Waals surface area contributed by atoms with Crippen molar-refractivity contribution in [2.45, 2.75) is 26.2 Å². The van der Waals surface area contributed by atoms with E-state index in [4.69, 9.17) is 0 Å². The van der Waals surface area contributed by atoms with Crippen LogP contribution in [0.1, 0.15) is 35.3 Å². The van der Waals surface area contributed by atoms with Crippen molar-refractivity contribution in [2.75, 3.05) is 13.1 Å². The summed E-state index contributed by atoms with van der Waals surface area (Å²) in [4.78, 5) is 31.5. The first kappa shape index (κ1) is 16.3. The van der Waals surface area contributed by atoms with Crippen LogP contribution in [0.5, 0.6) is 0 Å². The molecule has 1 aliphatic heterocycles. The largest absolute Gasteiger partial charge is 0.481 e. The highest BCUT2D eigenvalue weighted by Crippen LogP contribution is 2.59. The summed E-state index contributed by atoms with van der Waals surface area (Å²) in [7, 11) is 0. The van der Waals surface area contributed by atoms with Crippen molar-refractivity contribution in [3.63, 3.8) is 0 Å². The number of carboxylic acids is 1. The molecule has 1 aliphatic carbocycles. The molecule has 2 aromatic rings. The molecule has 5 nitrogen and oxygen atoms in total.